The molecule has 9 atom stereocenters. The number of hydrogen-bond acceptors (Lipinski definition) is 16. The molecular weight excluding hydrogens is 1070 g/mol. The number of amides is 9. The van der Waals surface area contributed by atoms with Crippen LogP contribution in [0, 0.1) is 17.8 Å². The van der Waals surface area contributed by atoms with Gasteiger partial charge in [0, 0.05) is 31.2 Å². The fraction of sp³-hybridized carbons (Fsp3) is 0.588. The van der Waals surface area contributed by atoms with Gasteiger partial charge in [0.15, 0.2) is 0 Å². The van der Waals surface area contributed by atoms with Crippen molar-refractivity contribution in [2.75, 3.05) is 25.1 Å². The summed E-state index contributed by atoms with van der Waals surface area (Å²) >= 11 is 1.27. The second kappa shape index (κ2) is 34.9. The van der Waals surface area contributed by atoms with E-state index < -0.39 is 158 Å². The number of H-pyrrole nitrogens is 1. The largest absolute Gasteiger partial charge is 0.508 e. The Morgan fingerprint density at radius 3 is 1.59 bits per heavy atom. The summed E-state index contributed by atoms with van der Waals surface area (Å²) in [6, 6.07) is -6.09. The zero-order chi connectivity index (χ0) is 60.2. The van der Waals surface area contributed by atoms with Crippen molar-refractivity contribution in [3.05, 3.63) is 48.0 Å². The van der Waals surface area contributed by atoms with Crippen LogP contribution in [0.25, 0.3) is 0 Å². The summed E-state index contributed by atoms with van der Waals surface area (Å²) in [6.07, 6.45) is 2.20. The minimum Gasteiger partial charge on any atom is -0.508 e. The molecule has 0 bridgehead atoms. The Kier molecular flexibility index (Phi) is 29.8. The molecule has 9 amide bonds. The smallest absolute Gasteiger partial charge is 0.326 e. The lowest BCUT2D eigenvalue weighted by Gasteiger charge is -2.28. The van der Waals surface area contributed by atoms with Crippen LogP contribution in [0.2, 0.25) is 0 Å². The first-order valence-corrected chi connectivity index (χ1v) is 27.4. The number of hydrogen-bond donors (Lipinski definition) is 15. The van der Waals surface area contributed by atoms with Crippen LogP contribution in [-0.4, -0.2) is 175 Å². The molecule has 1 heterocycles. The number of carboxylic acids is 3. The lowest BCUT2D eigenvalue weighted by molar-refractivity contribution is -0.144. The highest BCUT2D eigenvalue weighted by atomic mass is 32.2. The Morgan fingerprint density at radius 2 is 1.09 bits per heavy atom. The molecule has 29 heteroatoms. The third-order valence-corrected chi connectivity index (χ3v) is 12.9. The van der Waals surface area contributed by atoms with Crippen molar-refractivity contribution in [3.63, 3.8) is 0 Å². The van der Waals surface area contributed by atoms with Crippen molar-refractivity contribution in [1.29, 1.82) is 0 Å². The zero-order valence-corrected chi connectivity index (χ0v) is 46.7. The molecule has 1 aromatic carbocycles. The third kappa shape index (κ3) is 25.3. The van der Waals surface area contributed by atoms with E-state index in [1.54, 1.807) is 47.8 Å². The van der Waals surface area contributed by atoms with Gasteiger partial charge in [-0.15, -0.1) is 0 Å². The van der Waals surface area contributed by atoms with Gasteiger partial charge < -0.3 is 79.0 Å². The lowest BCUT2D eigenvalue weighted by Crippen LogP contribution is -2.60. The standard InChI is InChI=1S/C51H78N12O16S/c1-8-28(6)43(51(78)79)63-50(77)35(18-27(4)5)59-49(76)37(20-30-23-53-25-55-30)61-45(72)32(13-14-41(67)68)58-46(73)33(15-16-80-7)56-40(66)24-54-44(71)38(21-42(69)70)62-48(75)36(19-29-9-11-31(64)12-10-29)60-47(74)34(17-26(2)3)57-39(65)22-52/h9-12,23,25-28,32-38,43,64H,8,13-22,24,52H2,1-7H3,(H,53,55)(H,54,71)(H,56,66)(H,57,65)(H,58,73)(H,59,76)(H,60,74)(H,61,72)(H,62,75)(H,63,77)(H,67,68)(H,69,70)(H,78,79)/t28-,32-,33-,34-,35-,36-,37-,38-,43-/m0/s1. The normalized spacial score (nSPS) is 14.5. The predicted octanol–water partition coefficient (Wildman–Crippen LogP) is -1.83. The number of nitrogens with zero attached hydrogens (tertiary/aromatic N) is 1. The summed E-state index contributed by atoms with van der Waals surface area (Å²) in [5, 5.41) is 61.0. The summed E-state index contributed by atoms with van der Waals surface area (Å²) in [7, 11) is 0. The van der Waals surface area contributed by atoms with Gasteiger partial charge in [0.05, 0.1) is 25.8 Å². The fourth-order valence-corrected chi connectivity index (χ4v) is 8.29. The Balaban J connectivity index is 2.37. The number of thioether (sulfide) groups is 1. The third-order valence-electron chi connectivity index (χ3n) is 12.3. The van der Waals surface area contributed by atoms with Crippen molar-refractivity contribution in [3.8, 4) is 5.75 Å². The molecular formula is C51H78N12O16S. The number of phenolic OH excluding ortho intramolecular Hbond substituents is 1. The fourth-order valence-electron chi connectivity index (χ4n) is 7.82. The van der Waals surface area contributed by atoms with Crippen molar-refractivity contribution >= 4 is 82.8 Å². The molecule has 0 aliphatic rings. The molecule has 2 aromatic rings. The number of nitrogens with two attached hydrogens (primary N) is 1. The lowest BCUT2D eigenvalue weighted by atomic mass is 9.97. The number of imidazole rings is 1. The van der Waals surface area contributed by atoms with Gasteiger partial charge in [-0.1, -0.05) is 60.1 Å². The van der Waals surface area contributed by atoms with Crippen molar-refractivity contribution in [1.82, 2.24) is 57.8 Å². The molecule has 0 saturated heterocycles. The van der Waals surface area contributed by atoms with Crippen LogP contribution >= 0.6 is 11.8 Å². The quantitative estimate of drug-likeness (QED) is 0.0354. The summed E-state index contributed by atoms with van der Waals surface area (Å²) < 4.78 is 0. The number of aromatic amines is 1. The molecule has 28 nitrogen and oxygen atoms in total. The van der Waals surface area contributed by atoms with Crippen molar-refractivity contribution in [2.24, 2.45) is 23.5 Å². The highest BCUT2D eigenvalue weighted by Gasteiger charge is 2.36. The van der Waals surface area contributed by atoms with Crippen molar-refractivity contribution < 1.29 is 78.0 Å². The first kappa shape index (κ1) is 68.3. The van der Waals surface area contributed by atoms with Gasteiger partial charge in [0.1, 0.15) is 54.1 Å². The number of benzene rings is 1. The molecule has 0 fully saturated rings. The van der Waals surface area contributed by atoms with E-state index in [1.807, 2.05) is 0 Å². The number of nitrogens with one attached hydrogen (secondary N) is 10. The number of carbonyl (C=O) groups is 12. The van der Waals surface area contributed by atoms with E-state index in [-0.39, 0.29) is 55.4 Å². The maximum Gasteiger partial charge on any atom is 0.326 e. The number of rotatable bonds is 37. The predicted molar refractivity (Wildman–Crippen MR) is 290 cm³/mol. The summed E-state index contributed by atoms with van der Waals surface area (Å²) in [4.78, 5) is 165. The average Bonchev–Trinajstić information content (AvgIpc) is 3.91. The topological polar surface area (TPSA) is 449 Å². The molecule has 0 aliphatic carbocycles. The Bertz CT molecular complexity index is 2430. The van der Waals surface area contributed by atoms with Crippen LogP contribution in [0.4, 0.5) is 0 Å². The summed E-state index contributed by atoms with van der Waals surface area (Å²) in [5.74, 6) is -13.2. The van der Waals surface area contributed by atoms with Gasteiger partial charge in [0.25, 0.3) is 0 Å². The van der Waals surface area contributed by atoms with Gasteiger partial charge in [-0.25, -0.2) is 9.78 Å². The number of aliphatic carboxylic acids is 3. The minimum atomic E-state index is -1.85. The highest BCUT2D eigenvalue weighted by Crippen LogP contribution is 2.15. The van der Waals surface area contributed by atoms with Gasteiger partial charge in [-0.3, -0.25) is 52.7 Å². The molecule has 1 aromatic heterocycles. The van der Waals surface area contributed by atoms with E-state index in [4.69, 9.17) is 5.73 Å². The zero-order valence-electron chi connectivity index (χ0n) is 45.9. The number of aromatic hydroxyl groups is 1. The molecule has 0 radical (unpaired) electrons. The van der Waals surface area contributed by atoms with Crippen LogP contribution in [0.15, 0.2) is 36.8 Å². The Labute approximate surface area is 467 Å². The molecule has 80 heavy (non-hydrogen) atoms. The van der Waals surface area contributed by atoms with Crippen LogP contribution in [0.5, 0.6) is 5.75 Å². The average molecular weight is 1150 g/mol. The van der Waals surface area contributed by atoms with Gasteiger partial charge >= 0.3 is 17.9 Å². The molecule has 0 aliphatic heterocycles. The van der Waals surface area contributed by atoms with E-state index in [1.165, 1.54) is 48.6 Å². The van der Waals surface area contributed by atoms with Crippen molar-refractivity contribution in [2.45, 2.75) is 148 Å². The van der Waals surface area contributed by atoms with Gasteiger partial charge in [-0.05, 0) is 73.1 Å². The summed E-state index contributed by atoms with van der Waals surface area (Å²) in [5.41, 5.74) is 6.21. The van der Waals surface area contributed by atoms with Gasteiger partial charge in [-0.2, -0.15) is 11.8 Å². The van der Waals surface area contributed by atoms with Crippen LogP contribution in [0.1, 0.15) is 97.7 Å². The van der Waals surface area contributed by atoms with E-state index in [2.05, 4.69) is 57.8 Å². The SMILES string of the molecule is CC[C@H](C)[C@H](NC(=O)[C@H](CC(C)C)NC(=O)[C@H](Cc1cnc[nH]1)NC(=O)[C@H](CCC(=O)O)NC(=O)[C@H](CCSC)NC(=O)CNC(=O)[C@H](CC(=O)O)NC(=O)[C@H](Cc1ccc(O)cc1)NC(=O)[C@H](CC(C)C)NC(=O)CN)C(=O)O. The first-order valence-electron chi connectivity index (χ1n) is 26.0. The second-order valence-corrected chi connectivity index (χ2v) is 20.9. The molecule has 0 saturated carbocycles. The van der Waals surface area contributed by atoms with E-state index in [0.717, 1.165) is 0 Å². The van der Waals surface area contributed by atoms with Crippen LogP contribution in [0.3, 0.4) is 0 Å². The Morgan fingerprint density at radius 1 is 0.600 bits per heavy atom. The second-order valence-electron chi connectivity index (χ2n) is 19.9. The van der Waals surface area contributed by atoms with Gasteiger partial charge in [0.2, 0.25) is 53.2 Å². The Hall–Kier alpha value is -7.82. The number of carboxylic acid groups (broad SMARTS) is 3. The number of carbonyl (C=O) groups excluding carboxylic acids is 9. The molecule has 0 unspecified atom stereocenters. The minimum absolute atomic E-state index is 0.0580. The maximum atomic E-state index is 14.1. The molecule has 16 N–H and O–H groups in total. The molecule has 2 rings (SSSR count). The van der Waals surface area contributed by atoms with E-state index in [9.17, 15) is 78.0 Å². The summed E-state index contributed by atoms with van der Waals surface area (Å²) in [6.45, 7) is 9.16. The first-order chi connectivity index (χ1) is 37.7. The number of phenols is 1. The van der Waals surface area contributed by atoms with E-state index >= 15 is 0 Å². The monoisotopic (exact) mass is 1150 g/mol. The molecule has 0 spiro atoms. The maximum absolute atomic E-state index is 14.1. The molecule has 444 valence electrons. The number of aromatic nitrogens is 2. The van der Waals surface area contributed by atoms with Crippen LogP contribution in [-0.2, 0) is 70.4 Å². The van der Waals surface area contributed by atoms with Crippen LogP contribution < -0.4 is 53.6 Å². The highest BCUT2D eigenvalue weighted by molar-refractivity contribution is 7.98. The van der Waals surface area contributed by atoms with E-state index in [0.29, 0.717) is 17.7 Å².